The van der Waals surface area contributed by atoms with Gasteiger partial charge in [-0.1, -0.05) is 6.07 Å². The number of fused-ring (bicyclic) bond motifs is 1. The molecule has 0 aliphatic carbocycles. The lowest BCUT2D eigenvalue weighted by Gasteiger charge is -2.23. The molecule has 0 fully saturated rings. The van der Waals surface area contributed by atoms with Crippen molar-refractivity contribution in [1.29, 1.82) is 0 Å². The molecule has 2 rings (SSSR count). The van der Waals surface area contributed by atoms with E-state index in [1.165, 1.54) is 6.07 Å². The molecule has 0 amide bonds. The zero-order chi connectivity index (χ0) is 20.2. The van der Waals surface area contributed by atoms with Crippen molar-refractivity contribution in [1.82, 2.24) is 0 Å². The minimum absolute atomic E-state index is 0.0134. The van der Waals surface area contributed by atoms with Crippen LogP contribution in [0.15, 0.2) is 18.2 Å². The molecule has 1 N–H and O–H groups in total. The molecular formula is C19H26N2O6. The summed E-state index contributed by atoms with van der Waals surface area (Å²) in [7, 11) is 0. The van der Waals surface area contributed by atoms with Crippen LogP contribution in [0.5, 0.6) is 0 Å². The third-order valence-electron chi connectivity index (χ3n) is 4.25. The number of anilines is 1. The first kappa shape index (κ1) is 20.7. The van der Waals surface area contributed by atoms with Gasteiger partial charge in [0.05, 0.1) is 23.5 Å². The van der Waals surface area contributed by atoms with E-state index in [9.17, 15) is 19.7 Å². The number of nitrogens with zero attached hydrogens (tertiary/aromatic N) is 1. The van der Waals surface area contributed by atoms with Gasteiger partial charge in [-0.3, -0.25) is 19.7 Å². The summed E-state index contributed by atoms with van der Waals surface area (Å²) >= 11 is 0. The second-order valence-electron chi connectivity index (χ2n) is 7.49. The second-order valence-corrected chi connectivity index (χ2v) is 7.49. The van der Waals surface area contributed by atoms with Crippen molar-refractivity contribution in [3.63, 3.8) is 0 Å². The zero-order valence-corrected chi connectivity index (χ0v) is 16.1. The van der Waals surface area contributed by atoms with E-state index in [1.54, 1.807) is 39.8 Å². The number of hydrogen-bond acceptors (Lipinski definition) is 7. The van der Waals surface area contributed by atoms with Crippen LogP contribution in [0.4, 0.5) is 11.4 Å². The van der Waals surface area contributed by atoms with Crippen LogP contribution < -0.4 is 5.32 Å². The van der Waals surface area contributed by atoms with Gasteiger partial charge in [0.1, 0.15) is 5.60 Å². The van der Waals surface area contributed by atoms with Crippen LogP contribution in [0.3, 0.4) is 0 Å². The Balaban J connectivity index is 2.25. The van der Waals surface area contributed by atoms with Crippen molar-refractivity contribution in [2.75, 3.05) is 11.9 Å². The Bertz CT molecular complexity index is 725. The lowest BCUT2D eigenvalue weighted by Crippen LogP contribution is -2.30. The van der Waals surface area contributed by atoms with Gasteiger partial charge in [0, 0.05) is 30.1 Å². The summed E-state index contributed by atoms with van der Waals surface area (Å²) in [4.78, 5) is 35.1. The van der Waals surface area contributed by atoms with Crippen LogP contribution in [0.2, 0.25) is 0 Å². The van der Waals surface area contributed by atoms with Crippen molar-refractivity contribution in [2.45, 2.75) is 64.5 Å². The lowest BCUT2D eigenvalue weighted by molar-refractivity contribution is -0.385. The van der Waals surface area contributed by atoms with Crippen molar-refractivity contribution in [3.05, 3.63) is 33.9 Å². The summed E-state index contributed by atoms with van der Waals surface area (Å²) in [5.41, 5.74) is 0.516. The van der Waals surface area contributed by atoms with Crippen LogP contribution in [0.25, 0.3) is 0 Å². The van der Waals surface area contributed by atoms with E-state index in [1.807, 2.05) is 0 Å². The molecule has 1 aromatic rings. The Labute approximate surface area is 158 Å². The van der Waals surface area contributed by atoms with Crippen LogP contribution in [0, 0.1) is 10.1 Å². The smallest absolute Gasteiger partial charge is 0.308 e. The van der Waals surface area contributed by atoms with Gasteiger partial charge in [0.2, 0.25) is 0 Å². The van der Waals surface area contributed by atoms with E-state index in [4.69, 9.17) is 9.47 Å². The molecule has 0 bridgehead atoms. The van der Waals surface area contributed by atoms with Crippen LogP contribution in [0.1, 0.15) is 58.4 Å². The maximum absolute atomic E-state index is 12.3. The predicted octanol–water partition coefficient (Wildman–Crippen LogP) is 3.55. The van der Waals surface area contributed by atoms with Gasteiger partial charge >= 0.3 is 11.9 Å². The van der Waals surface area contributed by atoms with E-state index < -0.39 is 16.5 Å². The summed E-state index contributed by atoms with van der Waals surface area (Å²) in [6.07, 6.45) is 0.518. The molecule has 1 aliphatic heterocycles. The van der Waals surface area contributed by atoms with Crippen molar-refractivity contribution < 1.29 is 24.0 Å². The third-order valence-corrected chi connectivity index (χ3v) is 4.25. The molecule has 27 heavy (non-hydrogen) atoms. The molecule has 2 atom stereocenters. The summed E-state index contributed by atoms with van der Waals surface area (Å²) in [5.74, 6) is -1.12. The van der Waals surface area contributed by atoms with Gasteiger partial charge in [0.15, 0.2) is 0 Å². The molecule has 2 unspecified atom stereocenters. The summed E-state index contributed by atoms with van der Waals surface area (Å²) in [6, 6.07) is 4.40. The largest absolute Gasteiger partial charge is 0.466 e. The Kier molecular flexibility index (Phi) is 6.41. The monoisotopic (exact) mass is 378 g/mol. The van der Waals surface area contributed by atoms with Crippen LogP contribution >= 0.6 is 0 Å². The van der Waals surface area contributed by atoms with Crippen LogP contribution in [-0.2, 0) is 19.1 Å². The van der Waals surface area contributed by atoms with E-state index in [0.29, 0.717) is 17.7 Å². The van der Waals surface area contributed by atoms with Crippen molar-refractivity contribution in [3.8, 4) is 0 Å². The molecule has 148 valence electrons. The van der Waals surface area contributed by atoms with Gasteiger partial charge < -0.3 is 14.8 Å². The highest BCUT2D eigenvalue weighted by Gasteiger charge is 2.39. The Hall–Kier alpha value is -2.64. The molecule has 8 nitrogen and oxygen atoms in total. The Morgan fingerprint density at radius 1 is 1.26 bits per heavy atom. The number of rotatable bonds is 7. The topological polar surface area (TPSA) is 108 Å². The highest BCUT2D eigenvalue weighted by atomic mass is 16.6. The Morgan fingerprint density at radius 2 is 1.96 bits per heavy atom. The van der Waals surface area contributed by atoms with Crippen LogP contribution in [-0.4, -0.2) is 35.1 Å². The van der Waals surface area contributed by atoms with E-state index in [2.05, 4.69) is 5.32 Å². The number of esters is 2. The Morgan fingerprint density at radius 3 is 2.56 bits per heavy atom. The molecule has 8 heteroatoms. The first-order chi connectivity index (χ1) is 12.6. The standard InChI is InChI=1S/C19H26N2O6/c1-5-26-16(22)10-9-12-14(11-17(23)27-19(2,3)4)20-13-7-6-8-15(18(12)13)21(24)25/h6-8,12,14,20H,5,9-11H2,1-4H3. The molecule has 1 aliphatic rings. The number of benzene rings is 1. The molecule has 1 heterocycles. The number of carbonyl (C=O) groups is 2. The van der Waals surface area contributed by atoms with Crippen molar-refractivity contribution >= 4 is 23.3 Å². The van der Waals surface area contributed by atoms with Gasteiger partial charge in [-0.2, -0.15) is 0 Å². The maximum atomic E-state index is 12.3. The molecule has 0 spiro atoms. The number of nitro groups is 1. The number of carbonyl (C=O) groups excluding carboxylic acids is 2. The minimum atomic E-state index is -0.616. The quantitative estimate of drug-likeness (QED) is 0.439. The number of nitrogens with one attached hydrogen (secondary N) is 1. The first-order valence-corrected chi connectivity index (χ1v) is 9.03. The highest BCUT2D eigenvalue weighted by Crippen LogP contribution is 2.45. The molecule has 0 radical (unpaired) electrons. The van der Waals surface area contributed by atoms with Crippen molar-refractivity contribution in [2.24, 2.45) is 0 Å². The maximum Gasteiger partial charge on any atom is 0.308 e. The molecular weight excluding hydrogens is 352 g/mol. The summed E-state index contributed by atoms with van der Waals surface area (Å²) in [5, 5.41) is 14.7. The minimum Gasteiger partial charge on any atom is -0.466 e. The normalized spacial score (nSPS) is 18.4. The number of hydrogen-bond donors (Lipinski definition) is 1. The first-order valence-electron chi connectivity index (χ1n) is 9.03. The second kappa shape index (κ2) is 8.37. The fraction of sp³-hybridized carbons (Fsp3) is 0.579. The van der Waals surface area contributed by atoms with Gasteiger partial charge in [0.25, 0.3) is 5.69 Å². The fourth-order valence-electron chi connectivity index (χ4n) is 3.34. The van der Waals surface area contributed by atoms with E-state index >= 15 is 0 Å². The molecule has 1 aromatic carbocycles. The van der Waals surface area contributed by atoms with Gasteiger partial charge in [-0.05, 0) is 40.2 Å². The predicted molar refractivity (Wildman–Crippen MR) is 99.6 cm³/mol. The molecule has 0 saturated heterocycles. The SMILES string of the molecule is CCOC(=O)CCC1c2c(cccc2[N+](=O)[O-])NC1CC(=O)OC(C)(C)C. The number of nitro benzene ring substituents is 1. The lowest BCUT2D eigenvalue weighted by atomic mass is 9.88. The summed E-state index contributed by atoms with van der Waals surface area (Å²) in [6.45, 7) is 7.35. The summed E-state index contributed by atoms with van der Waals surface area (Å²) < 4.78 is 10.3. The fourth-order valence-corrected chi connectivity index (χ4v) is 3.34. The van der Waals surface area contributed by atoms with E-state index in [0.717, 1.165) is 0 Å². The van der Waals surface area contributed by atoms with E-state index in [-0.39, 0.29) is 43.1 Å². The number of ether oxygens (including phenoxy) is 2. The molecule has 0 aromatic heterocycles. The molecule has 0 saturated carbocycles. The third kappa shape index (κ3) is 5.42. The van der Waals surface area contributed by atoms with Gasteiger partial charge in [-0.15, -0.1) is 0 Å². The zero-order valence-electron chi connectivity index (χ0n) is 16.1. The average Bonchev–Trinajstić information content (AvgIpc) is 2.88. The van der Waals surface area contributed by atoms with Gasteiger partial charge in [-0.25, -0.2) is 0 Å². The average molecular weight is 378 g/mol. The highest BCUT2D eigenvalue weighted by molar-refractivity contribution is 5.75.